The van der Waals surface area contributed by atoms with E-state index in [4.69, 9.17) is 9.47 Å². The van der Waals surface area contributed by atoms with E-state index in [-0.39, 0.29) is 35.9 Å². The summed E-state index contributed by atoms with van der Waals surface area (Å²) in [5.41, 5.74) is 2.17. The minimum Gasteiger partial charge on any atom is -0.493 e. The second-order valence-electron chi connectivity index (χ2n) is 7.62. The standard InChI is InChI=1S/C24H33FN4O3.HI/c1-4-26-24(28-18-7-9-22(31-3)23(15-18)32-5-2)27-16-17-6-8-21(20(25)14-17)29-12-10-19(30)11-13-29;/h6-9,14-15,19,30H,4-5,10-13,16H2,1-3H3,(H2,26,27,28);1H. The lowest BCUT2D eigenvalue weighted by atomic mass is 10.1. The minimum absolute atomic E-state index is 0. The lowest BCUT2D eigenvalue weighted by molar-refractivity contribution is 0.145. The fraction of sp³-hybridized carbons (Fsp3) is 0.458. The summed E-state index contributed by atoms with van der Waals surface area (Å²) in [6.07, 6.45) is 1.05. The number of methoxy groups -OCH3 is 1. The summed E-state index contributed by atoms with van der Waals surface area (Å²) in [5.74, 6) is 1.65. The van der Waals surface area contributed by atoms with Gasteiger partial charge >= 0.3 is 0 Å². The van der Waals surface area contributed by atoms with Crippen molar-refractivity contribution in [3.8, 4) is 11.5 Å². The summed E-state index contributed by atoms with van der Waals surface area (Å²) < 4.78 is 25.7. The third-order valence-corrected chi connectivity index (χ3v) is 5.31. The Morgan fingerprint density at radius 1 is 1.15 bits per heavy atom. The molecule has 0 spiro atoms. The monoisotopic (exact) mass is 572 g/mol. The highest BCUT2D eigenvalue weighted by atomic mass is 127. The van der Waals surface area contributed by atoms with Crippen LogP contribution in [0.25, 0.3) is 0 Å². The van der Waals surface area contributed by atoms with E-state index in [0.717, 1.165) is 11.3 Å². The second-order valence-corrected chi connectivity index (χ2v) is 7.62. The quantitative estimate of drug-likeness (QED) is 0.248. The van der Waals surface area contributed by atoms with Crippen LogP contribution in [0.4, 0.5) is 15.8 Å². The van der Waals surface area contributed by atoms with E-state index in [1.807, 2.05) is 43.0 Å². The van der Waals surface area contributed by atoms with Gasteiger partial charge in [0.1, 0.15) is 5.82 Å². The van der Waals surface area contributed by atoms with E-state index >= 15 is 0 Å². The Morgan fingerprint density at radius 2 is 1.91 bits per heavy atom. The molecule has 33 heavy (non-hydrogen) atoms. The van der Waals surface area contributed by atoms with Crippen LogP contribution in [-0.4, -0.2) is 50.5 Å². The molecule has 182 valence electrons. The molecule has 0 unspecified atom stereocenters. The molecule has 1 fully saturated rings. The van der Waals surface area contributed by atoms with Crippen molar-refractivity contribution in [2.24, 2.45) is 4.99 Å². The molecule has 3 rings (SSSR count). The highest BCUT2D eigenvalue weighted by molar-refractivity contribution is 14.0. The van der Waals surface area contributed by atoms with Gasteiger partial charge in [-0.05, 0) is 56.5 Å². The molecule has 1 saturated heterocycles. The van der Waals surface area contributed by atoms with E-state index in [0.29, 0.717) is 68.8 Å². The number of hydrogen-bond donors (Lipinski definition) is 3. The molecule has 2 aromatic rings. The van der Waals surface area contributed by atoms with Crippen LogP contribution in [0.1, 0.15) is 32.3 Å². The number of nitrogens with one attached hydrogen (secondary N) is 2. The van der Waals surface area contributed by atoms with Crippen molar-refractivity contribution < 1.29 is 19.0 Å². The van der Waals surface area contributed by atoms with Gasteiger partial charge in [0, 0.05) is 31.4 Å². The largest absolute Gasteiger partial charge is 0.493 e. The van der Waals surface area contributed by atoms with Crippen LogP contribution in [0.3, 0.4) is 0 Å². The van der Waals surface area contributed by atoms with Gasteiger partial charge in [0.05, 0.1) is 32.1 Å². The van der Waals surface area contributed by atoms with Gasteiger partial charge in [0.2, 0.25) is 0 Å². The number of aliphatic hydroxyl groups excluding tert-OH is 1. The maximum absolute atomic E-state index is 14.7. The van der Waals surface area contributed by atoms with Crippen LogP contribution in [-0.2, 0) is 6.54 Å². The van der Waals surface area contributed by atoms with Crippen molar-refractivity contribution in [1.29, 1.82) is 0 Å². The number of piperidine rings is 1. The summed E-state index contributed by atoms with van der Waals surface area (Å²) in [7, 11) is 1.61. The zero-order valence-corrected chi connectivity index (χ0v) is 21.8. The van der Waals surface area contributed by atoms with Gasteiger partial charge in [-0.3, -0.25) is 0 Å². The first-order valence-corrected chi connectivity index (χ1v) is 11.1. The normalized spacial score (nSPS) is 14.5. The van der Waals surface area contributed by atoms with Gasteiger partial charge in [-0.2, -0.15) is 0 Å². The van der Waals surface area contributed by atoms with Crippen molar-refractivity contribution in [2.45, 2.75) is 39.3 Å². The van der Waals surface area contributed by atoms with Gasteiger partial charge in [-0.1, -0.05) is 6.07 Å². The lowest BCUT2D eigenvalue weighted by Crippen LogP contribution is -2.36. The number of hydrogen-bond acceptors (Lipinski definition) is 5. The molecule has 0 amide bonds. The average Bonchev–Trinajstić information content (AvgIpc) is 2.79. The molecular formula is C24H34FIN4O3. The van der Waals surface area contributed by atoms with Crippen LogP contribution < -0.4 is 25.0 Å². The van der Waals surface area contributed by atoms with Crippen LogP contribution in [0.2, 0.25) is 0 Å². The summed E-state index contributed by atoms with van der Waals surface area (Å²) in [6, 6.07) is 10.8. The third kappa shape index (κ3) is 7.63. The van der Waals surface area contributed by atoms with Crippen LogP contribution in [0.15, 0.2) is 41.4 Å². The number of anilines is 2. The SMILES string of the molecule is CCNC(=NCc1ccc(N2CCC(O)CC2)c(F)c1)Nc1ccc(OC)c(OCC)c1.I. The second kappa shape index (κ2) is 13.4. The van der Waals surface area contributed by atoms with Crippen molar-refractivity contribution in [1.82, 2.24) is 5.32 Å². The number of benzene rings is 2. The molecule has 9 heteroatoms. The molecule has 0 aliphatic carbocycles. The zero-order chi connectivity index (χ0) is 22.9. The fourth-order valence-corrected chi connectivity index (χ4v) is 3.65. The number of halogens is 2. The molecule has 1 aliphatic rings. The van der Waals surface area contributed by atoms with E-state index in [1.165, 1.54) is 6.07 Å². The first-order chi connectivity index (χ1) is 15.5. The van der Waals surface area contributed by atoms with E-state index in [1.54, 1.807) is 13.2 Å². The van der Waals surface area contributed by atoms with Crippen molar-refractivity contribution in [3.05, 3.63) is 47.8 Å². The Balaban J connectivity index is 0.00000385. The number of guanidine groups is 1. The van der Waals surface area contributed by atoms with Gasteiger partial charge < -0.3 is 30.1 Å². The average molecular weight is 572 g/mol. The number of nitrogens with zero attached hydrogens (tertiary/aromatic N) is 2. The Labute approximate surface area is 212 Å². The smallest absolute Gasteiger partial charge is 0.196 e. The van der Waals surface area contributed by atoms with E-state index in [9.17, 15) is 9.50 Å². The highest BCUT2D eigenvalue weighted by Crippen LogP contribution is 2.30. The molecule has 0 bridgehead atoms. The van der Waals surface area contributed by atoms with Crippen LogP contribution >= 0.6 is 24.0 Å². The van der Waals surface area contributed by atoms with Gasteiger partial charge in [-0.15, -0.1) is 24.0 Å². The molecule has 0 atom stereocenters. The molecule has 3 N–H and O–H groups in total. The Hall–Kier alpha value is -2.27. The molecule has 7 nitrogen and oxygen atoms in total. The Kier molecular flexibility index (Phi) is 11.0. The van der Waals surface area contributed by atoms with Gasteiger partial charge in [0.15, 0.2) is 17.5 Å². The topological polar surface area (TPSA) is 78.4 Å². The Bertz CT molecular complexity index is 921. The maximum atomic E-state index is 14.7. The number of ether oxygens (including phenoxy) is 2. The zero-order valence-electron chi connectivity index (χ0n) is 19.4. The van der Waals surface area contributed by atoms with Crippen molar-refractivity contribution in [3.63, 3.8) is 0 Å². The van der Waals surface area contributed by atoms with Gasteiger partial charge in [-0.25, -0.2) is 9.38 Å². The highest BCUT2D eigenvalue weighted by Gasteiger charge is 2.19. The summed E-state index contributed by atoms with van der Waals surface area (Å²) >= 11 is 0. The molecule has 2 aromatic carbocycles. The molecule has 1 aliphatic heterocycles. The maximum Gasteiger partial charge on any atom is 0.196 e. The van der Waals surface area contributed by atoms with E-state index in [2.05, 4.69) is 15.6 Å². The lowest BCUT2D eigenvalue weighted by Gasteiger charge is -2.31. The molecule has 1 heterocycles. The molecule has 0 aromatic heterocycles. The predicted molar refractivity (Wildman–Crippen MR) is 142 cm³/mol. The summed E-state index contributed by atoms with van der Waals surface area (Å²) in [6.45, 7) is 6.79. The number of rotatable bonds is 8. The fourth-order valence-electron chi connectivity index (χ4n) is 3.65. The van der Waals surface area contributed by atoms with E-state index < -0.39 is 0 Å². The molecule has 0 radical (unpaired) electrons. The molecule has 0 saturated carbocycles. The van der Waals surface area contributed by atoms with Crippen LogP contribution in [0.5, 0.6) is 11.5 Å². The first-order valence-electron chi connectivity index (χ1n) is 11.1. The van der Waals surface area contributed by atoms with Crippen molar-refractivity contribution >= 4 is 41.3 Å². The number of aliphatic imine (C=N–C) groups is 1. The minimum atomic E-state index is -0.282. The van der Waals surface area contributed by atoms with Crippen LogP contribution in [0, 0.1) is 5.82 Å². The number of aliphatic hydroxyl groups is 1. The van der Waals surface area contributed by atoms with Gasteiger partial charge in [0.25, 0.3) is 0 Å². The summed E-state index contributed by atoms with van der Waals surface area (Å²) in [4.78, 5) is 6.59. The van der Waals surface area contributed by atoms with Crippen molar-refractivity contribution in [2.75, 3.05) is 43.6 Å². The first kappa shape index (κ1) is 27.0. The molecular weight excluding hydrogens is 538 g/mol. The summed E-state index contributed by atoms with van der Waals surface area (Å²) in [5, 5.41) is 16.1. The third-order valence-electron chi connectivity index (χ3n) is 5.31. The predicted octanol–water partition coefficient (Wildman–Crippen LogP) is 4.39. The Morgan fingerprint density at radius 3 is 2.55 bits per heavy atom.